The van der Waals surface area contributed by atoms with Crippen LogP contribution in [0.25, 0.3) is 0 Å². The van der Waals surface area contributed by atoms with Gasteiger partial charge in [-0.25, -0.2) is 0 Å². The zero-order valence-electron chi connectivity index (χ0n) is 9.73. The molecule has 0 aliphatic carbocycles. The summed E-state index contributed by atoms with van der Waals surface area (Å²) in [5.41, 5.74) is 1.23. The van der Waals surface area contributed by atoms with Crippen LogP contribution in [0.15, 0.2) is 59.1 Å². The van der Waals surface area contributed by atoms with Gasteiger partial charge in [-0.15, -0.1) is 0 Å². The van der Waals surface area contributed by atoms with Gasteiger partial charge in [-0.1, -0.05) is 58.4 Å². The second-order valence-electron chi connectivity index (χ2n) is 4.45. The average Bonchev–Trinajstić information content (AvgIpc) is 2.29. The first-order chi connectivity index (χ1) is 8.08. The van der Waals surface area contributed by atoms with Crippen molar-refractivity contribution in [3.8, 4) is 0 Å². The van der Waals surface area contributed by atoms with E-state index >= 15 is 0 Å². The first kappa shape index (κ1) is 12.3. The van der Waals surface area contributed by atoms with Crippen LogP contribution >= 0.6 is 15.9 Å². The molecular weight excluding hydrogens is 276 g/mol. The van der Waals surface area contributed by atoms with Crippen molar-refractivity contribution in [2.24, 2.45) is 0 Å². The highest BCUT2D eigenvalue weighted by Crippen LogP contribution is 2.26. The molecule has 0 radical (unpaired) electrons. The van der Waals surface area contributed by atoms with Crippen molar-refractivity contribution in [3.63, 3.8) is 0 Å². The minimum Gasteiger partial charge on any atom is -0.385 e. The molecule has 0 aliphatic heterocycles. The van der Waals surface area contributed by atoms with E-state index < -0.39 is 5.60 Å². The van der Waals surface area contributed by atoms with Gasteiger partial charge in [0.05, 0.1) is 5.60 Å². The van der Waals surface area contributed by atoms with Gasteiger partial charge in [-0.2, -0.15) is 0 Å². The zero-order valence-corrected chi connectivity index (χ0v) is 11.3. The van der Waals surface area contributed by atoms with Crippen LogP contribution in [0.2, 0.25) is 0 Å². The third kappa shape index (κ3) is 3.18. The van der Waals surface area contributed by atoms with Gasteiger partial charge in [0.15, 0.2) is 0 Å². The van der Waals surface area contributed by atoms with Crippen LogP contribution in [0, 0.1) is 0 Å². The Hall–Kier alpha value is -1.12. The summed E-state index contributed by atoms with van der Waals surface area (Å²) in [6, 6.07) is 17.8. The Morgan fingerprint density at radius 3 is 2.41 bits per heavy atom. The van der Waals surface area contributed by atoms with Crippen LogP contribution in [0.3, 0.4) is 0 Å². The smallest absolute Gasteiger partial charge is 0.0908 e. The van der Waals surface area contributed by atoms with Gasteiger partial charge >= 0.3 is 0 Å². The summed E-state index contributed by atoms with van der Waals surface area (Å²) in [5.74, 6) is 0. The van der Waals surface area contributed by atoms with Gasteiger partial charge < -0.3 is 5.11 Å². The highest BCUT2D eigenvalue weighted by molar-refractivity contribution is 9.10. The molecule has 1 N–H and O–H groups in total. The van der Waals surface area contributed by atoms with Gasteiger partial charge in [0, 0.05) is 10.9 Å². The van der Waals surface area contributed by atoms with Crippen LogP contribution in [0.4, 0.5) is 0 Å². The second-order valence-corrected chi connectivity index (χ2v) is 5.36. The van der Waals surface area contributed by atoms with Gasteiger partial charge in [0.1, 0.15) is 0 Å². The number of benzene rings is 2. The molecular formula is C15H15BrO. The van der Waals surface area contributed by atoms with Crippen molar-refractivity contribution in [1.82, 2.24) is 0 Å². The van der Waals surface area contributed by atoms with E-state index in [9.17, 15) is 5.11 Å². The van der Waals surface area contributed by atoms with Crippen LogP contribution < -0.4 is 0 Å². The van der Waals surface area contributed by atoms with E-state index in [2.05, 4.69) is 15.9 Å². The topological polar surface area (TPSA) is 20.2 Å². The Kier molecular flexibility index (Phi) is 3.65. The Bertz CT molecular complexity index is 491. The largest absolute Gasteiger partial charge is 0.385 e. The third-order valence-corrected chi connectivity index (χ3v) is 3.33. The van der Waals surface area contributed by atoms with Gasteiger partial charge in [-0.05, 0) is 30.2 Å². The summed E-state index contributed by atoms with van der Waals surface area (Å²) in [5, 5.41) is 10.5. The maximum atomic E-state index is 10.5. The fraction of sp³-hybridized carbons (Fsp3) is 0.200. The van der Waals surface area contributed by atoms with Crippen LogP contribution in [-0.2, 0) is 12.0 Å². The predicted molar refractivity (Wildman–Crippen MR) is 73.9 cm³/mol. The lowest BCUT2D eigenvalue weighted by atomic mass is 9.89. The summed E-state index contributed by atoms with van der Waals surface area (Å²) in [4.78, 5) is 0. The lowest BCUT2D eigenvalue weighted by molar-refractivity contribution is 0.0576. The van der Waals surface area contributed by atoms with Crippen LogP contribution in [0.1, 0.15) is 18.1 Å². The van der Waals surface area contributed by atoms with E-state index in [1.165, 1.54) is 0 Å². The molecule has 0 aliphatic rings. The number of halogens is 1. The van der Waals surface area contributed by atoms with Crippen molar-refractivity contribution in [2.75, 3.05) is 0 Å². The quantitative estimate of drug-likeness (QED) is 0.909. The Balaban J connectivity index is 2.23. The molecule has 0 amide bonds. The number of aliphatic hydroxyl groups is 1. The van der Waals surface area contributed by atoms with E-state index in [1.807, 2.05) is 61.5 Å². The normalized spacial score (nSPS) is 14.3. The molecule has 1 nitrogen and oxygen atoms in total. The lowest BCUT2D eigenvalue weighted by Gasteiger charge is -2.24. The molecule has 0 saturated carbocycles. The van der Waals surface area contributed by atoms with E-state index in [-0.39, 0.29) is 0 Å². The van der Waals surface area contributed by atoms with Crippen molar-refractivity contribution in [2.45, 2.75) is 18.9 Å². The highest BCUT2D eigenvalue weighted by Gasteiger charge is 2.23. The summed E-state index contributed by atoms with van der Waals surface area (Å²) in [6.45, 7) is 1.85. The van der Waals surface area contributed by atoms with Crippen LogP contribution in [-0.4, -0.2) is 5.11 Å². The van der Waals surface area contributed by atoms with Gasteiger partial charge in [-0.3, -0.25) is 0 Å². The third-order valence-electron chi connectivity index (χ3n) is 2.83. The van der Waals surface area contributed by atoms with Crippen molar-refractivity contribution >= 4 is 15.9 Å². The van der Waals surface area contributed by atoms with Crippen molar-refractivity contribution < 1.29 is 5.11 Å². The molecule has 1 atom stereocenters. The zero-order chi connectivity index (χ0) is 12.3. The molecule has 0 heterocycles. The minimum absolute atomic E-state index is 0.608. The molecule has 2 aromatic rings. The fourth-order valence-corrected chi connectivity index (χ4v) is 2.39. The maximum Gasteiger partial charge on any atom is 0.0908 e. The predicted octanol–water partition coefficient (Wildman–Crippen LogP) is 3.90. The summed E-state index contributed by atoms with van der Waals surface area (Å²) in [7, 11) is 0. The molecule has 0 fully saturated rings. The Labute approximate surface area is 110 Å². The lowest BCUT2D eigenvalue weighted by Crippen LogP contribution is -2.24. The summed E-state index contributed by atoms with van der Waals surface area (Å²) < 4.78 is 1.04. The second kappa shape index (κ2) is 5.03. The molecule has 0 unspecified atom stereocenters. The van der Waals surface area contributed by atoms with Crippen LogP contribution in [0.5, 0.6) is 0 Å². The molecule has 2 heteroatoms. The first-order valence-electron chi connectivity index (χ1n) is 5.60. The summed E-state index contributed by atoms with van der Waals surface area (Å²) in [6.07, 6.45) is 0.608. The standard InChI is InChI=1S/C15H15BrO/c1-15(17,13-7-3-2-4-8-13)11-12-6-5-9-14(16)10-12/h2-10,17H,11H2,1H3/t15-/m0/s1. The monoisotopic (exact) mass is 290 g/mol. The highest BCUT2D eigenvalue weighted by atomic mass is 79.9. The Morgan fingerprint density at radius 1 is 1.06 bits per heavy atom. The van der Waals surface area contributed by atoms with E-state index in [0.717, 1.165) is 15.6 Å². The number of rotatable bonds is 3. The number of hydrogen-bond acceptors (Lipinski definition) is 1. The fourth-order valence-electron chi connectivity index (χ4n) is 1.94. The molecule has 88 valence electrons. The number of hydrogen-bond donors (Lipinski definition) is 1. The summed E-state index contributed by atoms with van der Waals surface area (Å²) >= 11 is 3.44. The average molecular weight is 291 g/mol. The molecule has 2 rings (SSSR count). The van der Waals surface area contributed by atoms with Crippen molar-refractivity contribution in [3.05, 3.63) is 70.2 Å². The van der Waals surface area contributed by atoms with Gasteiger partial charge in [0.2, 0.25) is 0 Å². The first-order valence-corrected chi connectivity index (χ1v) is 6.39. The van der Waals surface area contributed by atoms with Gasteiger partial charge in [0.25, 0.3) is 0 Å². The van der Waals surface area contributed by atoms with E-state index in [0.29, 0.717) is 6.42 Å². The Morgan fingerprint density at radius 2 is 1.76 bits per heavy atom. The molecule has 17 heavy (non-hydrogen) atoms. The van der Waals surface area contributed by atoms with E-state index in [4.69, 9.17) is 0 Å². The molecule has 0 spiro atoms. The molecule has 2 aromatic carbocycles. The van der Waals surface area contributed by atoms with E-state index in [1.54, 1.807) is 0 Å². The maximum absolute atomic E-state index is 10.5. The minimum atomic E-state index is -0.831. The molecule has 0 bridgehead atoms. The molecule has 0 aromatic heterocycles. The van der Waals surface area contributed by atoms with Crippen molar-refractivity contribution in [1.29, 1.82) is 0 Å². The molecule has 0 saturated heterocycles. The SMILES string of the molecule is C[C@](O)(Cc1cccc(Br)c1)c1ccccc1.